The highest BCUT2D eigenvalue weighted by Gasteiger charge is 2.31. The van der Waals surface area contributed by atoms with Gasteiger partial charge in [0.2, 0.25) is 10.0 Å². The van der Waals surface area contributed by atoms with Crippen LogP contribution < -0.4 is 5.32 Å². The minimum absolute atomic E-state index is 0.0220. The Kier molecular flexibility index (Phi) is 7.71. The predicted octanol–water partition coefficient (Wildman–Crippen LogP) is 5.61. The first-order valence-corrected chi connectivity index (χ1v) is 15.0. The van der Waals surface area contributed by atoms with E-state index < -0.39 is 10.0 Å². The van der Waals surface area contributed by atoms with E-state index in [0.717, 1.165) is 28.1 Å². The number of hydrogen-bond donors (Lipinski definition) is 1. The summed E-state index contributed by atoms with van der Waals surface area (Å²) >= 11 is 0. The Hall–Kier alpha value is -3.33. The Bertz CT molecular complexity index is 1530. The van der Waals surface area contributed by atoms with Crippen molar-refractivity contribution in [3.05, 3.63) is 95.8 Å². The molecule has 1 aromatic heterocycles. The lowest BCUT2D eigenvalue weighted by Crippen LogP contribution is -2.49. The van der Waals surface area contributed by atoms with Gasteiger partial charge in [-0.25, -0.2) is 18.4 Å². The van der Waals surface area contributed by atoms with Gasteiger partial charge < -0.3 is 5.32 Å². The van der Waals surface area contributed by atoms with Gasteiger partial charge >= 0.3 is 0 Å². The van der Waals surface area contributed by atoms with Crippen molar-refractivity contribution in [3.8, 4) is 0 Å². The number of para-hydroxylation sites is 1. The second-order valence-corrected chi connectivity index (χ2v) is 13.1. The van der Waals surface area contributed by atoms with Crippen molar-refractivity contribution in [2.45, 2.75) is 50.6 Å². The van der Waals surface area contributed by atoms with Crippen molar-refractivity contribution in [3.63, 3.8) is 0 Å². The lowest BCUT2D eigenvalue weighted by atomic mass is 9.87. The topological polar surface area (TPSA) is 78.4 Å². The van der Waals surface area contributed by atoms with Gasteiger partial charge in [-0.15, -0.1) is 0 Å². The molecular formula is C31H37N5O2S. The summed E-state index contributed by atoms with van der Waals surface area (Å²) in [5.74, 6) is 1.55. The molecule has 0 bridgehead atoms. The maximum atomic E-state index is 13.3. The van der Waals surface area contributed by atoms with Crippen LogP contribution in [-0.2, 0) is 22.0 Å². The lowest BCUT2D eigenvalue weighted by molar-refractivity contribution is 0.141. The van der Waals surface area contributed by atoms with Gasteiger partial charge in [0.25, 0.3) is 0 Å². The molecule has 0 unspecified atom stereocenters. The third-order valence-corrected chi connectivity index (χ3v) is 9.39. The molecule has 0 saturated carbocycles. The molecule has 1 fully saturated rings. The van der Waals surface area contributed by atoms with Gasteiger partial charge in [-0.3, -0.25) is 4.90 Å². The fourth-order valence-electron chi connectivity index (χ4n) is 4.97. The summed E-state index contributed by atoms with van der Waals surface area (Å²) in [4.78, 5) is 12.4. The quantitative estimate of drug-likeness (QED) is 0.327. The van der Waals surface area contributed by atoms with Crippen molar-refractivity contribution in [1.82, 2.24) is 19.2 Å². The Labute approximate surface area is 232 Å². The Morgan fingerprint density at radius 2 is 1.49 bits per heavy atom. The molecule has 2 heterocycles. The van der Waals surface area contributed by atoms with Gasteiger partial charge in [0.15, 0.2) is 0 Å². The second-order valence-electron chi connectivity index (χ2n) is 11.2. The fourth-order valence-corrected chi connectivity index (χ4v) is 6.39. The van der Waals surface area contributed by atoms with Gasteiger partial charge in [0.05, 0.1) is 16.5 Å². The molecule has 0 aliphatic carbocycles. The molecule has 3 aromatic carbocycles. The van der Waals surface area contributed by atoms with E-state index in [1.165, 1.54) is 5.56 Å². The summed E-state index contributed by atoms with van der Waals surface area (Å²) in [5.41, 5.74) is 3.17. The summed E-state index contributed by atoms with van der Waals surface area (Å²) in [6.45, 7) is 11.2. The van der Waals surface area contributed by atoms with Crippen molar-refractivity contribution in [2.24, 2.45) is 0 Å². The molecule has 1 aliphatic heterocycles. The SMILES string of the molecule is C[C@H](c1nc(NCc2ccccc2)c2ccccc2n1)N1CCN(S(=O)(=O)c2ccc(C(C)(C)C)cc2)CC1. The maximum absolute atomic E-state index is 13.3. The third kappa shape index (κ3) is 5.98. The number of benzene rings is 3. The molecule has 1 atom stereocenters. The van der Waals surface area contributed by atoms with Crippen molar-refractivity contribution in [2.75, 3.05) is 31.5 Å². The summed E-state index contributed by atoms with van der Waals surface area (Å²) in [6.07, 6.45) is 0. The van der Waals surface area contributed by atoms with Crippen LogP contribution in [0.2, 0.25) is 0 Å². The van der Waals surface area contributed by atoms with Crippen LogP contribution in [0.1, 0.15) is 50.7 Å². The summed E-state index contributed by atoms with van der Waals surface area (Å²) in [7, 11) is -3.54. The highest BCUT2D eigenvalue weighted by molar-refractivity contribution is 7.89. The first kappa shape index (κ1) is 27.2. The average molecular weight is 544 g/mol. The Morgan fingerprint density at radius 1 is 0.846 bits per heavy atom. The summed E-state index contributed by atoms with van der Waals surface area (Å²) < 4.78 is 28.3. The molecule has 39 heavy (non-hydrogen) atoms. The molecule has 4 aromatic rings. The number of aromatic nitrogens is 2. The van der Waals surface area contributed by atoms with Crippen LogP contribution >= 0.6 is 0 Å². The van der Waals surface area contributed by atoms with Crippen LogP contribution in [-0.4, -0.2) is 53.8 Å². The van der Waals surface area contributed by atoms with Crippen molar-refractivity contribution in [1.29, 1.82) is 0 Å². The molecule has 1 saturated heterocycles. The maximum Gasteiger partial charge on any atom is 0.243 e. The third-order valence-electron chi connectivity index (χ3n) is 7.48. The zero-order valence-electron chi connectivity index (χ0n) is 23.1. The normalized spacial score (nSPS) is 16.3. The van der Waals surface area contributed by atoms with E-state index in [1.807, 2.05) is 54.6 Å². The van der Waals surface area contributed by atoms with E-state index in [2.05, 4.69) is 50.0 Å². The molecular weight excluding hydrogens is 506 g/mol. The van der Waals surface area contributed by atoms with Gasteiger partial charge in [0.1, 0.15) is 11.6 Å². The predicted molar refractivity (Wildman–Crippen MR) is 157 cm³/mol. The van der Waals surface area contributed by atoms with E-state index in [0.29, 0.717) is 37.6 Å². The zero-order chi connectivity index (χ0) is 27.6. The number of nitrogens with zero attached hydrogens (tertiary/aromatic N) is 4. The Morgan fingerprint density at radius 3 is 2.15 bits per heavy atom. The first-order valence-electron chi connectivity index (χ1n) is 13.5. The Balaban J connectivity index is 1.30. The zero-order valence-corrected chi connectivity index (χ0v) is 23.9. The highest BCUT2D eigenvalue weighted by Crippen LogP contribution is 2.28. The molecule has 7 nitrogen and oxygen atoms in total. The molecule has 1 aliphatic rings. The molecule has 8 heteroatoms. The largest absolute Gasteiger partial charge is 0.365 e. The average Bonchev–Trinajstić information content (AvgIpc) is 2.95. The minimum atomic E-state index is -3.54. The number of rotatable bonds is 7. The van der Waals surface area contributed by atoms with Gasteiger partial charge in [-0.1, -0.05) is 75.4 Å². The van der Waals surface area contributed by atoms with Crippen LogP contribution in [0.3, 0.4) is 0 Å². The molecule has 0 amide bonds. The van der Waals surface area contributed by atoms with Gasteiger partial charge in [-0.05, 0) is 47.7 Å². The van der Waals surface area contributed by atoms with E-state index in [9.17, 15) is 8.42 Å². The van der Waals surface area contributed by atoms with Gasteiger partial charge in [0, 0.05) is 38.1 Å². The minimum Gasteiger partial charge on any atom is -0.365 e. The first-order chi connectivity index (χ1) is 18.6. The molecule has 204 valence electrons. The number of hydrogen-bond acceptors (Lipinski definition) is 6. The second kappa shape index (κ2) is 11.0. The van der Waals surface area contributed by atoms with Crippen LogP contribution in [0.5, 0.6) is 0 Å². The van der Waals surface area contributed by atoms with Crippen LogP contribution in [0.4, 0.5) is 5.82 Å². The van der Waals surface area contributed by atoms with Crippen LogP contribution in [0, 0.1) is 0 Å². The molecule has 0 spiro atoms. The molecule has 0 radical (unpaired) electrons. The van der Waals surface area contributed by atoms with Crippen LogP contribution in [0.15, 0.2) is 83.8 Å². The molecule has 5 rings (SSSR count). The van der Waals surface area contributed by atoms with E-state index in [-0.39, 0.29) is 11.5 Å². The van der Waals surface area contributed by atoms with Gasteiger partial charge in [-0.2, -0.15) is 4.31 Å². The number of nitrogens with one attached hydrogen (secondary N) is 1. The molecule has 1 N–H and O–H groups in total. The van der Waals surface area contributed by atoms with E-state index >= 15 is 0 Å². The number of fused-ring (bicyclic) bond motifs is 1. The standard InChI is InChI=1S/C31H37N5O2S/c1-23(29-33-28-13-9-8-12-27(28)30(34-29)32-22-24-10-6-5-7-11-24)35-18-20-36(21-19-35)39(37,38)26-16-14-25(15-17-26)31(2,3)4/h5-17,23H,18-22H2,1-4H3,(H,32,33,34)/t23-/m1/s1. The van der Waals surface area contributed by atoms with Crippen molar-refractivity contribution >= 4 is 26.7 Å². The van der Waals surface area contributed by atoms with Crippen molar-refractivity contribution < 1.29 is 8.42 Å². The number of sulfonamides is 1. The number of piperazine rings is 1. The van der Waals surface area contributed by atoms with E-state index in [1.54, 1.807) is 16.4 Å². The lowest BCUT2D eigenvalue weighted by Gasteiger charge is -2.37. The monoisotopic (exact) mass is 543 g/mol. The number of anilines is 1. The fraction of sp³-hybridized carbons (Fsp3) is 0.355. The summed E-state index contributed by atoms with van der Waals surface area (Å²) in [6, 6.07) is 25.5. The highest BCUT2D eigenvalue weighted by atomic mass is 32.2. The summed E-state index contributed by atoms with van der Waals surface area (Å²) in [5, 5.41) is 4.49. The van der Waals surface area contributed by atoms with Crippen LogP contribution in [0.25, 0.3) is 10.9 Å². The van der Waals surface area contributed by atoms with E-state index in [4.69, 9.17) is 9.97 Å². The smallest absolute Gasteiger partial charge is 0.243 e.